The smallest absolute Gasteiger partial charge is 0.184 e. The molecule has 1 aromatic carbocycles. The molecule has 0 aliphatic carbocycles. The third-order valence-corrected chi connectivity index (χ3v) is 4.52. The summed E-state index contributed by atoms with van der Waals surface area (Å²) in [5.74, 6) is -0.252. The minimum Gasteiger partial charge on any atom is -0.327 e. The van der Waals surface area contributed by atoms with Gasteiger partial charge in [-0.25, -0.2) is 9.07 Å². The molecule has 0 unspecified atom stereocenters. The Labute approximate surface area is 140 Å². The maximum Gasteiger partial charge on any atom is 0.184 e. The van der Waals surface area contributed by atoms with Crippen molar-refractivity contribution in [2.24, 2.45) is 7.05 Å². The molecule has 7 heteroatoms. The number of hydrogen-bond donors (Lipinski definition) is 1. The zero-order valence-corrected chi connectivity index (χ0v) is 14.6. The van der Waals surface area contributed by atoms with Crippen LogP contribution in [0.1, 0.15) is 19.0 Å². The Morgan fingerprint density at radius 3 is 2.86 bits per heavy atom. The number of benzene rings is 1. The summed E-state index contributed by atoms with van der Waals surface area (Å²) in [6.07, 6.45) is 1.92. The van der Waals surface area contributed by atoms with E-state index in [2.05, 4.69) is 39.6 Å². The topological polar surface area (TPSA) is 38.5 Å². The van der Waals surface area contributed by atoms with Crippen molar-refractivity contribution < 1.29 is 4.39 Å². The summed E-state index contributed by atoms with van der Waals surface area (Å²) in [4.78, 5) is 3.24. The zero-order chi connectivity index (χ0) is 15.1. The molecule has 0 saturated heterocycles. The maximum atomic E-state index is 13.3. The monoisotopic (exact) mass is 416 g/mol. The van der Waals surface area contributed by atoms with Gasteiger partial charge in [0.1, 0.15) is 11.3 Å². The van der Waals surface area contributed by atoms with E-state index in [-0.39, 0.29) is 5.82 Å². The molecule has 2 heterocycles. The number of rotatable bonds is 3. The van der Waals surface area contributed by atoms with Crippen LogP contribution in [0.25, 0.3) is 16.9 Å². The van der Waals surface area contributed by atoms with Gasteiger partial charge in [0, 0.05) is 10.6 Å². The van der Waals surface area contributed by atoms with E-state index in [1.54, 1.807) is 6.07 Å². The maximum absolute atomic E-state index is 13.3. The lowest BCUT2D eigenvalue weighted by Gasteiger charge is -2.07. The van der Waals surface area contributed by atoms with E-state index in [0.717, 1.165) is 39.0 Å². The molecule has 0 radical (unpaired) electrons. The number of aryl methyl sites for hydroxylation is 2. The number of nitrogens with one attached hydrogen (secondary N) is 1. The number of halogens is 2. The molecule has 4 nitrogen and oxygen atoms in total. The van der Waals surface area contributed by atoms with Gasteiger partial charge in [-0.2, -0.15) is 5.10 Å². The number of nitrogens with zero attached hydrogens (tertiary/aromatic N) is 3. The first-order valence-corrected chi connectivity index (χ1v) is 8.13. The van der Waals surface area contributed by atoms with Crippen LogP contribution in [0.15, 0.2) is 18.2 Å². The lowest BCUT2D eigenvalue weighted by molar-refractivity contribution is 0.626. The standard InChI is InChI=1S/C14H14FIN4S/c1-3-4-10-12-13(19(2)18-10)20(14(21)17-12)11-6-5-8(15)7-9(11)16/h5-7H,3-4H2,1-2H3,(H,17,21). The zero-order valence-electron chi connectivity index (χ0n) is 11.7. The van der Waals surface area contributed by atoms with Crippen molar-refractivity contribution in [2.75, 3.05) is 0 Å². The van der Waals surface area contributed by atoms with E-state index in [4.69, 9.17) is 12.2 Å². The molecule has 0 aliphatic heterocycles. The van der Waals surface area contributed by atoms with Crippen LogP contribution < -0.4 is 0 Å². The van der Waals surface area contributed by atoms with E-state index < -0.39 is 0 Å². The quantitative estimate of drug-likeness (QED) is 0.516. The second kappa shape index (κ2) is 5.53. The molecule has 0 spiro atoms. The van der Waals surface area contributed by atoms with Crippen molar-refractivity contribution in [2.45, 2.75) is 19.8 Å². The predicted octanol–water partition coefficient (Wildman–Crippen LogP) is 4.12. The Morgan fingerprint density at radius 1 is 1.43 bits per heavy atom. The van der Waals surface area contributed by atoms with Crippen LogP contribution in [0.3, 0.4) is 0 Å². The summed E-state index contributed by atoms with van der Waals surface area (Å²) in [5, 5.41) is 4.56. The molecule has 1 N–H and O–H groups in total. The largest absolute Gasteiger partial charge is 0.327 e. The summed E-state index contributed by atoms with van der Waals surface area (Å²) in [5.41, 5.74) is 3.74. The Kier molecular flexibility index (Phi) is 3.87. The van der Waals surface area contributed by atoms with Crippen molar-refractivity contribution in [3.05, 3.63) is 38.1 Å². The van der Waals surface area contributed by atoms with Gasteiger partial charge in [0.15, 0.2) is 10.4 Å². The molecule has 3 aromatic rings. The molecule has 0 fully saturated rings. The predicted molar refractivity (Wildman–Crippen MR) is 91.9 cm³/mol. The molecule has 0 aliphatic rings. The molecule has 110 valence electrons. The molecule has 0 saturated carbocycles. The fourth-order valence-electron chi connectivity index (χ4n) is 2.51. The van der Waals surface area contributed by atoms with Gasteiger partial charge in [0.25, 0.3) is 0 Å². The van der Waals surface area contributed by atoms with Crippen LogP contribution in [0.4, 0.5) is 4.39 Å². The minimum atomic E-state index is -0.252. The summed E-state index contributed by atoms with van der Waals surface area (Å²) < 4.78 is 18.5. The highest BCUT2D eigenvalue weighted by Crippen LogP contribution is 2.26. The van der Waals surface area contributed by atoms with Gasteiger partial charge in [-0.15, -0.1) is 0 Å². The Hall–Kier alpha value is -1.22. The second-order valence-corrected chi connectivity index (χ2v) is 6.43. The number of aromatic amines is 1. The average molecular weight is 416 g/mol. The number of hydrogen-bond acceptors (Lipinski definition) is 2. The molecule has 2 aromatic heterocycles. The summed E-state index contributed by atoms with van der Waals surface area (Å²) >= 11 is 7.57. The van der Waals surface area contributed by atoms with Crippen LogP contribution in [0, 0.1) is 14.2 Å². The second-order valence-electron chi connectivity index (χ2n) is 4.88. The summed E-state index contributed by atoms with van der Waals surface area (Å²) in [6.45, 7) is 2.12. The number of imidazole rings is 1. The SMILES string of the molecule is CCCc1nn(C)c2c1[nH]c(=S)n2-c1ccc(F)cc1I. The third kappa shape index (κ3) is 2.42. The van der Waals surface area contributed by atoms with E-state index in [0.29, 0.717) is 4.77 Å². The minimum absolute atomic E-state index is 0.252. The highest BCUT2D eigenvalue weighted by molar-refractivity contribution is 14.1. The Balaban J connectivity index is 2.32. The first kappa shape index (κ1) is 14.7. The van der Waals surface area contributed by atoms with Crippen molar-refractivity contribution in [3.63, 3.8) is 0 Å². The molecule has 0 bridgehead atoms. The van der Waals surface area contributed by atoms with Crippen LogP contribution in [-0.4, -0.2) is 19.3 Å². The normalized spacial score (nSPS) is 11.4. The third-order valence-electron chi connectivity index (χ3n) is 3.37. The molecule has 3 rings (SSSR count). The molecular weight excluding hydrogens is 402 g/mol. The van der Waals surface area contributed by atoms with Gasteiger partial charge >= 0.3 is 0 Å². The highest BCUT2D eigenvalue weighted by atomic mass is 127. The number of fused-ring (bicyclic) bond motifs is 1. The number of aromatic nitrogens is 4. The van der Waals surface area contributed by atoms with Gasteiger partial charge in [-0.1, -0.05) is 13.3 Å². The van der Waals surface area contributed by atoms with Gasteiger partial charge in [0.2, 0.25) is 0 Å². The fraction of sp³-hybridized carbons (Fsp3) is 0.286. The lowest BCUT2D eigenvalue weighted by Crippen LogP contribution is -2.03. The van der Waals surface area contributed by atoms with Crippen molar-refractivity contribution >= 4 is 46.0 Å². The summed E-state index contributed by atoms with van der Waals surface area (Å²) in [6, 6.07) is 4.69. The average Bonchev–Trinajstić information content (AvgIpc) is 2.89. The van der Waals surface area contributed by atoms with Gasteiger partial charge in [-0.3, -0.25) is 4.57 Å². The summed E-state index contributed by atoms with van der Waals surface area (Å²) in [7, 11) is 1.90. The van der Waals surface area contributed by atoms with Crippen LogP contribution in [0.5, 0.6) is 0 Å². The highest BCUT2D eigenvalue weighted by Gasteiger charge is 2.17. The van der Waals surface area contributed by atoms with Gasteiger partial charge in [-0.05, 0) is 59.4 Å². The van der Waals surface area contributed by atoms with Crippen molar-refractivity contribution in [1.82, 2.24) is 19.3 Å². The van der Waals surface area contributed by atoms with E-state index in [1.165, 1.54) is 12.1 Å². The lowest BCUT2D eigenvalue weighted by atomic mass is 10.2. The van der Waals surface area contributed by atoms with Gasteiger partial charge in [0.05, 0.1) is 11.4 Å². The van der Waals surface area contributed by atoms with Crippen molar-refractivity contribution in [3.8, 4) is 5.69 Å². The molecular formula is C14H14FIN4S. The Morgan fingerprint density at radius 2 is 2.19 bits per heavy atom. The first-order valence-electron chi connectivity index (χ1n) is 6.65. The molecule has 21 heavy (non-hydrogen) atoms. The molecule has 0 amide bonds. The molecule has 0 atom stereocenters. The van der Waals surface area contributed by atoms with Gasteiger partial charge < -0.3 is 4.98 Å². The van der Waals surface area contributed by atoms with Crippen LogP contribution >= 0.6 is 34.8 Å². The van der Waals surface area contributed by atoms with E-state index >= 15 is 0 Å². The number of H-pyrrole nitrogens is 1. The van der Waals surface area contributed by atoms with E-state index in [9.17, 15) is 4.39 Å². The Bertz CT molecular complexity index is 877. The fourth-order valence-corrected chi connectivity index (χ4v) is 3.52. The first-order chi connectivity index (χ1) is 10.0. The van der Waals surface area contributed by atoms with Crippen molar-refractivity contribution in [1.29, 1.82) is 0 Å². The van der Waals surface area contributed by atoms with Crippen LogP contribution in [0.2, 0.25) is 0 Å². The van der Waals surface area contributed by atoms with Crippen LogP contribution in [-0.2, 0) is 13.5 Å². The van der Waals surface area contributed by atoms with E-state index in [1.807, 2.05) is 16.3 Å².